The zero-order valence-electron chi connectivity index (χ0n) is 9.20. The lowest BCUT2D eigenvalue weighted by molar-refractivity contribution is -0.189. The van der Waals surface area contributed by atoms with Crippen molar-refractivity contribution in [3.05, 3.63) is 12.2 Å². The SMILES string of the molecule is CC12CCCC(=O)C1(O)C1C=CC2CC1. The lowest BCUT2D eigenvalue weighted by Gasteiger charge is -2.59. The van der Waals surface area contributed by atoms with Crippen LogP contribution in [0.3, 0.4) is 0 Å². The van der Waals surface area contributed by atoms with Crippen LogP contribution in [-0.2, 0) is 4.79 Å². The van der Waals surface area contributed by atoms with Crippen LogP contribution < -0.4 is 0 Å². The second-order valence-electron chi connectivity index (χ2n) is 5.64. The molecule has 0 heterocycles. The second kappa shape index (κ2) is 2.73. The van der Waals surface area contributed by atoms with Crippen LogP contribution in [-0.4, -0.2) is 16.5 Å². The molecule has 0 aliphatic heterocycles. The van der Waals surface area contributed by atoms with E-state index in [1.54, 1.807) is 0 Å². The Kier molecular flexibility index (Phi) is 1.75. The first-order chi connectivity index (χ1) is 7.09. The van der Waals surface area contributed by atoms with E-state index in [9.17, 15) is 9.90 Å². The van der Waals surface area contributed by atoms with Gasteiger partial charge in [-0.15, -0.1) is 0 Å². The summed E-state index contributed by atoms with van der Waals surface area (Å²) in [6.07, 6.45) is 8.98. The smallest absolute Gasteiger partial charge is 0.165 e. The first-order valence-corrected chi connectivity index (χ1v) is 6.03. The van der Waals surface area contributed by atoms with Crippen molar-refractivity contribution >= 4 is 5.78 Å². The number of fused-ring (bicyclic) bond motifs is 1. The highest BCUT2D eigenvalue weighted by atomic mass is 16.3. The summed E-state index contributed by atoms with van der Waals surface area (Å²) >= 11 is 0. The number of hydrogen-bond donors (Lipinski definition) is 1. The van der Waals surface area contributed by atoms with Crippen LogP contribution in [0.1, 0.15) is 39.0 Å². The summed E-state index contributed by atoms with van der Waals surface area (Å²) in [5, 5.41) is 10.8. The highest BCUT2D eigenvalue weighted by molar-refractivity contribution is 5.90. The highest BCUT2D eigenvalue weighted by Crippen LogP contribution is 2.60. The number of allylic oxidation sites excluding steroid dienone is 1. The molecule has 1 N–H and O–H groups in total. The maximum atomic E-state index is 12.1. The van der Waals surface area contributed by atoms with Gasteiger partial charge in [-0.3, -0.25) is 4.79 Å². The van der Waals surface area contributed by atoms with Crippen LogP contribution in [0, 0.1) is 17.3 Å². The summed E-state index contributed by atoms with van der Waals surface area (Å²) in [5.41, 5.74) is -1.22. The van der Waals surface area contributed by atoms with Gasteiger partial charge >= 0.3 is 0 Å². The van der Waals surface area contributed by atoms with Gasteiger partial charge in [-0.2, -0.15) is 0 Å². The molecule has 2 bridgehead atoms. The van der Waals surface area contributed by atoms with Gasteiger partial charge in [0.25, 0.3) is 0 Å². The number of ketones is 1. The van der Waals surface area contributed by atoms with Crippen molar-refractivity contribution in [1.82, 2.24) is 0 Å². The third-order valence-electron chi connectivity index (χ3n) is 5.12. The first-order valence-electron chi connectivity index (χ1n) is 6.03. The van der Waals surface area contributed by atoms with E-state index in [-0.39, 0.29) is 17.1 Å². The van der Waals surface area contributed by atoms with Gasteiger partial charge in [0, 0.05) is 17.8 Å². The van der Waals surface area contributed by atoms with E-state index >= 15 is 0 Å². The molecule has 4 unspecified atom stereocenters. The van der Waals surface area contributed by atoms with Crippen molar-refractivity contribution in [3.8, 4) is 0 Å². The minimum atomic E-state index is -1.04. The summed E-state index contributed by atoms with van der Waals surface area (Å²) in [7, 11) is 0. The molecule has 0 radical (unpaired) electrons. The van der Waals surface area contributed by atoms with E-state index in [0.717, 1.165) is 25.7 Å². The molecule has 0 amide bonds. The minimum absolute atomic E-state index is 0.0836. The van der Waals surface area contributed by atoms with Gasteiger partial charge in [-0.1, -0.05) is 19.1 Å². The highest BCUT2D eigenvalue weighted by Gasteiger charge is 2.63. The molecule has 2 nitrogen and oxygen atoms in total. The maximum absolute atomic E-state index is 12.1. The molecule has 0 aromatic heterocycles. The Labute approximate surface area is 90.4 Å². The van der Waals surface area contributed by atoms with Crippen LogP contribution >= 0.6 is 0 Å². The average Bonchev–Trinajstić information content (AvgIpc) is 2.24. The minimum Gasteiger partial charge on any atom is -0.381 e. The van der Waals surface area contributed by atoms with E-state index in [4.69, 9.17) is 0 Å². The predicted molar refractivity (Wildman–Crippen MR) is 57.3 cm³/mol. The Bertz CT molecular complexity index is 346. The summed E-state index contributed by atoms with van der Waals surface area (Å²) in [5.74, 6) is 0.590. The monoisotopic (exact) mass is 206 g/mol. The molecule has 15 heavy (non-hydrogen) atoms. The molecule has 4 aliphatic carbocycles. The Morgan fingerprint density at radius 2 is 2.00 bits per heavy atom. The van der Waals surface area contributed by atoms with E-state index in [0.29, 0.717) is 12.3 Å². The van der Waals surface area contributed by atoms with Gasteiger partial charge in [0.2, 0.25) is 0 Å². The lowest BCUT2D eigenvalue weighted by Crippen LogP contribution is -2.65. The zero-order chi connectivity index (χ0) is 10.7. The summed E-state index contributed by atoms with van der Waals surface area (Å²) in [6, 6.07) is 0. The van der Waals surface area contributed by atoms with Crippen molar-refractivity contribution in [2.75, 3.05) is 0 Å². The average molecular weight is 206 g/mol. The molecular formula is C13H18O2. The second-order valence-corrected chi connectivity index (χ2v) is 5.64. The molecule has 0 spiro atoms. The molecule has 2 heteroatoms. The molecule has 2 saturated carbocycles. The number of aliphatic hydroxyl groups is 1. The molecule has 2 fully saturated rings. The molecule has 4 atom stereocenters. The predicted octanol–water partition coefficient (Wildman–Crippen LogP) is 2.07. The number of Topliss-reactive ketones (excluding diaryl/α,β-unsaturated/α-hetero) is 1. The Hall–Kier alpha value is -0.630. The van der Waals surface area contributed by atoms with Crippen molar-refractivity contribution in [2.45, 2.75) is 44.6 Å². The molecule has 82 valence electrons. The molecule has 4 aliphatic rings. The Balaban J connectivity index is 2.15. The van der Waals surface area contributed by atoms with Gasteiger partial charge in [0.15, 0.2) is 5.78 Å². The van der Waals surface area contributed by atoms with E-state index in [1.807, 2.05) is 0 Å². The van der Waals surface area contributed by atoms with E-state index in [2.05, 4.69) is 19.1 Å². The molecule has 4 rings (SSSR count). The Morgan fingerprint density at radius 3 is 2.60 bits per heavy atom. The van der Waals surface area contributed by atoms with E-state index < -0.39 is 5.60 Å². The lowest BCUT2D eigenvalue weighted by atomic mass is 9.46. The third kappa shape index (κ3) is 0.919. The van der Waals surface area contributed by atoms with Crippen molar-refractivity contribution in [2.24, 2.45) is 17.3 Å². The fraction of sp³-hybridized carbons (Fsp3) is 0.769. The van der Waals surface area contributed by atoms with Crippen molar-refractivity contribution in [3.63, 3.8) is 0 Å². The van der Waals surface area contributed by atoms with E-state index in [1.165, 1.54) is 0 Å². The van der Waals surface area contributed by atoms with Gasteiger partial charge in [-0.25, -0.2) is 0 Å². The topological polar surface area (TPSA) is 37.3 Å². The third-order valence-corrected chi connectivity index (χ3v) is 5.12. The Morgan fingerprint density at radius 1 is 1.33 bits per heavy atom. The van der Waals surface area contributed by atoms with Gasteiger partial charge < -0.3 is 5.11 Å². The fourth-order valence-electron chi connectivity index (χ4n) is 4.11. The summed E-state index contributed by atoms with van der Waals surface area (Å²) < 4.78 is 0. The number of carbonyl (C=O) groups excluding carboxylic acids is 1. The first kappa shape index (κ1) is 9.59. The van der Waals surface area contributed by atoms with Crippen LogP contribution in [0.25, 0.3) is 0 Å². The number of hydrogen-bond acceptors (Lipinski definition) is 2. The zero-order valence-corrected chi connectivity index (χ0v) is 9.20. The standard InChI is InChI=1S/C13H18O2/c1-12-8-2-3-11(14)13(12,15)10-6-4-9(12)5-7-10/h4,6,9-10,15H,2-3,5,7-8H2,1H3. The molecule has 0 saturated heterocycles. The van der Waals surface area contributed by atoms with Crippen LogP contribution in [0.5, 0.6) is 0 Å². The number of carbonyl (C=O) groups is 1. The quantitative estimate of drug-likeness (QED) is 0.616. The fourth-order valence-corrected chi connectivity index (χ4v) is 4.11. The molecule has 0 aromatic rings. The van der Waals surface area contributed by atoms with Crippen LogP contribution in [0.4, 0.5) is 0 Å². The van der Waals surface area contributed by atoms with Gasteiger partial charge in [0.05, 0.1) is 0 Å². The van der Waals surface area contributed by atoms with Crippen molar-refractivity contribution < 1.29 is 9.90 Å². The summed E-state index contributed by atoms with van der Waals surface area (Å²) in [6.45, 7) is 2.12. The maximum Gasteiger partial charge on any atom is 0.165 e. The summed E-state index contributed by atoms with van der Waals surface area (Å²) in [4.78, 5) is 12.1. The van der Waals surface area contributed by atoms with Crippen molar-refractivity contribution in [1.29, 1.82) is 0 Å². The molecule has 0 aromatic carbocycles. The van der Waals surface area contributed by atoms with Gasteiger partial charge in [0.1, 0.15) is 5.60 Å². The number of rotatable bonds is 0. The normalized spacial score (nSPS) is 53.1. The van der Waals surface area contributed by atoms with Gasteiger partial charge in [-0.05, 0) is 31.6 Å². The largest absolute Gasteiger partial charge is 0.381 e. The van der Waals surface area contributed by atoms with Crippen LogP contribution in [0.2, 0.25) is 0 Å². The van der Waals surface area contributed by atoms with Crippen LogP contribution in [0.15, 0.2) is 12.2 Å². The molecular weight excluding hydrogens is 188 g/mol.